The molecule has 190 valence electrons. The monoisotopic (exact) mass is 479 g/mol. The van der Waals surface area contributed by atoms with Gasteiger partial charge in [-0.3, -0.25) is 4.90 Å². The van der Waals surface area contributed by atoms with Gasteiger partial charge in [0.25, 0.3) is 0 Å². The van der Waals surface area contributed by atoms with Crippen LogP contribution in [-0.4, -0.2) is 29.6 Å². The minimum absolute atomic E-state index is 0. The van der Waals surface area contributed by atoms with Crippen LogP contribution in [0, 0.1) is 0 Å². The van der Waals surface area contributed by atoms with Gasteiger partial charge in [-0.25, -0.2) is 4.79 Å². The van der Waals surface area contributed by atoms with Crippen LogP contribution >= 0.6 is 12.4 Å². The minimum atomic E-state index is -0.310. The average Bonchev–Trinajstić information content (AvgIpc) is 2.74. The molecule has 0 aliphatic carbocycles. The van der Waals surface area contributed by atoms with Crippen molar-refractivity contribution in [2.75, 3.05) is 13.2 Å². The number of hydrogen-bond acceptors (Lipinski definition) is 3. The van der Waals surface area contributed by atoms with Crippen LogP contribution in [0.15, 0.2) is 36.4 Å². The van der Waals surface area contributed by atoms with Crippen LogP contribution in [0.25, 0.3) is 0 Å². The number of benzene rings is 1. The van der Waals surface area contributed by atoms with Crippen molar-refractivity contribution in [2.45, 2.75) is 117 Å². The SMILES string of the molecule is C=C(C)C(=O)OCCN(Cc1ccc(CCCCCCCCCCCC)cc1)C(C)(C)C.Cl. The van der Waals surface area contributed by atoms with E-state index >= 15 is 0 Å². The van der Waals surface area contributed by atoms with Gasteiger partial charge in [0.15, 0.2) is 0 Å². The molecule has 0 N–H and O–H groups in total. The van der Waals surface area contributed by atoms with Crippen LogP contribution < -0.4 is 0 Å². The van der Waals surface area contributed by atoms with E-state index < -0.39 is 0 Å². The summed E-state index contributed by atoms with van der Waals surface area (Å²) in [7, 11) is 0. The van der Waals surface area contributed by atoms with Gasteiger partial charge in [0.05, 0.1) is 0 Å². The second kappa shape index (κ2) is 18.1. The number of hydrogen-bond donors (Lipinski definition) is 0. The van der Waals surface area contributed by atoms with Crippen molar-refractivity contribution in [3.8, 4) is 0 Å². The van der Waals surface area contributed by atoms with Crippen molar-refractivity contribution >= 4 is 18.4 Å². The number of carbonyl (C=O) groups excluding carboxylic acids is 1. The van der Waals surface area contributed by atoms with Gasteiger partial charge in [-0.15, -0.1) is 12.4 Å². The molecule has 0 aromatic heterocycles. The molecule has 0 atom stereocenters. The summed E-state index contributed by atoms with van der Waals surface area (Å²) in [6.45, 7) is 16.2. The fourth-order valence-corrected chi connectivity index (χ4v) is 3.87. The molecule has 0 saturated carbocycles. The molecule has 3 nitrogen and oxygen atoms in total. The largest absolute Gasteiger partial charge is 0.461 e. The Morgan fingerprint density at radius 2 is 1.36 bits per heavy atom. The number of unbranched alkanes of at least 4 members (excludes halogenated alkanes) is 9. The Morgan fingerprint density at radius 1 is 0.879 bits per heavy atom. The standard InChI is InChI=1S/C29H49NO2.ClH/c1-7-8-9-10-11-12-13-14-15-16-17-26-18-20-27(21-19-26)24-30(29(4,5)6)22-23-32-28(31)25(2)3;/h18-21H,2,7-17,22-24H2,1,3-6H3;1H. The summed E-state index contributed by atoms with van der Waals surface area (Å²) in [6, 6.07) is 9.07. The van der Waals surface area contributed by atoms with E-state index in [9.17, 15) is 4.79 Å². The normalized spacial score (nSPS) is 11.3. The molecule has 1 aromatic rings. The maximum Gasteiger partial charge on any atom is 0.333 e. The van der Waals surface area contributed by atoms with Gasteiger partial charge in [0.2, 0.25) is 0 Å². The van der Waals surface area contributed by atoms with E-state index in [1.54, 1.807) is 6.92 Å². The van der Waals surface area contributed by atoms with E-state index in [-0.39, 0.29) is 23.9 Å². The molecule has 0 bridgehead atoms. The Balaban J connectivity index is 0.0000102. The van der Waals surface area contributed by atoms with Crippen LogP contribution in [0.3, 0.4) is 0 Å². The van der Waals surface area contributed by atoms with Crippen LogP contribution in [0.4, 0.5) is 0 Å². The van der Waals surface area contributed by atoms with Crippen molar-refractivity contribution in [3.63, 3.8) is 0 Å². The first-order valence-electron chi connectivity index (χ1n) is 12.9. The van der Waals surface area contributed by atoms with E-state index in [4.69, 9.17) is 4.74 Å². The third kappa shape index (κ3) is 15.2. The number of halogens is 1. The lowest BCUT2D eigenvalue weighted by Gasteiger charge is -2.35. The van der Waals surface area contributed by atoms with Crippen molar-refractivity contribution in [3.05, 3.63) is 47.5 Å². The van der Waals surface area contributed by atoms with Gasteiger partial charge >= 0.3 is 5.97 Å². The smallest absolute Gasteiger partial charge is 0.333 e. The fourth-order valence-electron chi connectivity index (χ4n) is 3.87. The molecule has 0 unspecified atom stereocenters. The molecular formula is C29H50ClNO2. The van der Waals surface area contributed by atoms with Gasteiger partial charge in [-0.1, -0.05) is 95.6 Å². The van der Waals surface area contributed by atoms with Crippen LogP contribution in [-0.2, 0) is 22.5 Å². The van der Waals surface area contributed by atoms with Crippen molar-refractivity contribution in [2.24, 2.45) is 0 Å². The second-order valence-corrected chi connectivity index (χ2v) is 10.3. The van der Waals surface area contributed by atoms with Gasteiger partial charge in [0.1, 0.15) is 6.61 Å². The molecule has 0 heterocycles. The second-order valence-electron chi connectivity index (χ2n) is 10.3. The molecule has 0 aliphatic rings. The first kappa shape index (κ1) is 31.7. The number of aryl methyl sites for hydroxylation is 1. The maximum absolute atomic E-state index is 11.6. The van der Waals surface area contributed by atoms with E-state index in [1.807, 2.05) is 0 Å². The van der Waals surface area contributed by atoms with Crippen molar-refractivity contribution in [1.29, 1.82) is 0 Å². The highest BCUT2D eigenvalue weighted by atomic mass is 35.5. The maximum atomic E-state index is 11.6. The Bertz CT molecular complexity index is 649. The highest BCUT2D eigenvalue weighted by molar-refractivity contribution is 5.86. The van der Waals surface area contributed by atoms with Crippen LogP contribution in [0.5, 0.6) is 0 Å². The van der Waals surface area contributed by atoms with Crippen LogP contribution in [0.1, 0.15) is 110 Å². The first-order chi connectivity index (χ1) is 15.2. The van der Waals surface area contributed by atoms with E-state index in [2.05, 4.69) is 63.4 Å². The first-order valence-corrected chi connectivity index (χ1v) is 12.9. The molecule has 4 heteroatoms. The lowest BCUT2D eigenvalue weighted by atomic mass is 10.0. The summed E-state index contributed by atoms with van der Waals surface area (Å²) >= 11 is 0. The Kier molecular flexibility index (Phi) is 17.3. The molecule has 0 aliphatic heterocycles. The zero-order valence-corrected chi connectivity index (χ0v) is 22.9. The fraction of sp³-hybridized carbons (Fsp3) is 0.690. The number of nitrogens with zero attached hydrogens (tertiary/aromatic N) is 1. The van der Waals surface area contributed by atoms with Crippen molar-refractivity contribution in [1.82, 2.24) is 4.90 Å². The molecule has 0 amide bonds. The van der Waals surface area contributed by atoms with Crippen molar-refractivity contribution < 1.29 is 9.53 Å². The average molecular weight is 480 g/mol. The third-order valence-corrected chi connectivity index (χ3v) is 6.11. The number of carbonyl (C=O) groups is 1. The summed E-state index contributed by atoms with van der Waals surface area (Å²) in [4.78, 5) is 14.0. The predicted octanol–water partition coefficient (Wildman–Crippen LogP) is 8.29. The zero-order chi connectivity index (χ0) is 23.8. The molecular weight excluding hydrogens is 430 g/mol. The highest BCUT2D eigenvalue weighted by Crippen LogP contribution is 2.18. The number of esters is 1. The molecule has 0 fully saturated rings. The molecule has 33 heavy (non-hydrogen) atoms. The predicted molar refractivity (Wildman–Crippen MR) is 145 cm³/mol. The minimum Gasteiger partial charge on any atom is -0.461 e. The summed E-state index contributed by atoms with van der Waals surface area (Å²) in [5, 5.41) is 0. The van der Waals surface area contributed by atoms with Gasteiger partial charge in [-0.2, -0.15) is 0 Å². The van der Waals surface area contributed by atoms with Gasteiger partial charge in [0, 0.05) is 24.2 Å². The van der Waals surface area contributed by atoms with E-state index in [1.165, 1.54) is 81.8 Å². The van der Waals surface area contributed by atoms with Gasteiger partial charge in [-0.05, 0) is 51.7 Å². The molecule has 0 radical (unpaired) electrons. The number of rotatable bonds is 17. The van der Waals surface area contributed by atoms with E-state index in [0.717, 1.165) is 6.54 Å². The molecule has 0 spiro atoms. The molecule has 0 saturated heterocycles. The Hall–Kier alpha value is -1.32. The molecule has 1 aromatic carbocycles. The summed E-state index contributed by atoms with van der Waals surface area (Å²) < 4.78 is 5.31. The lowest BCUT2D eigenvalue weighted by Crippen LogP contribution is -2.42. The zero-order valence-electron chi connectivity index (χ0n) is 22.1. The Morgan fingerprint density at radius 3 is 1.85 bits per heavy atom. The molecule has 1 rings (SSSR count). The Labute approximate surface area is 210 Å². The highest BCUT2D eigenvalue weighted by Gasteiger charge is 2.21. The summed E-state index contributed by atoms with van der Waals surface area (Å²) in [5.41, 5.74) is 3.19. The third-order valence-electron chi connectivity index (χ3n) is 6.11. The lowest BCUT2D eigenvalue weighted by molar-refractivity contribution is -0.139. The van der Waals surface area contributed by atoms with Gasteiger partial charge < -0.3 is 4.74 Å². The topological polar surface area (TPSA) is 29.5 Å². The summed E-state index contributed by atoms with van der Waals surface area (Å²) in [6.07, 6.45) is 15.0. The summed E-state index contributed by atoms with van der Waals surface area (Å²) in [5.74, 6) is -0.310. The number of ether oxygens (including phenoxy) is 1. The van der Waals surface area contributed by atoms with E-state index in [0.29, 0.717) is 18.7 Å². The quantitative estimate of drug-likeness (QED) is 0.128. The van der Waals surface area contributed by atoms with Crippen LogP contribution in [0.2, 0.25) is 0 Å².